The molecule has 1 fully saturated rings. The van der Waals surface area contributed by atoms with Crippen molar-refractivity contribution in [1.82, 2.24) is 19.2 Å². The molecule has 1 amide bonds. The van der Waals surface area contributed by atoms with Gasteiger partial charge >= 0.3 is 5.69 Å². The molecule has 1 aromatic heterocycles. The Kier molecular flexibility index (Phi) is 7.12. The summed E-state index contributed by atoms with van der Waals surface area (Å²) >= 11 is 0. The molecule has 184 valence electrons. The largest absolute Gasteiger partial charge is 0.346 e. The third-order valence-corrected chi connectivity index (χ3v) is 7.07. The molecule has 0 spiro atoms. The highest BCUT2D eigenvalue weighted by atomic mass is 16.2. The molecule has 36 heavy (non-hydrogen) atoms. The fraction of sp³-hybridized carbons (Fsp3) is 0.300. The molecule has 2 heterocycles. The van der Waals surface area contributed by atoms with Crippen molar-refractivity contribution in [2.75, 3.05) is 13.1 Å². The number of rotatable bonds is 7. The van der Waals surface area contributed by atoms with Gasteiger partial charge in [0.15, 0.2) is 0 Å². The minimum atomic E-state index is -0.0613. The van der Waals surface area contributed by atoms with E-state index in [-0.39, 0.29) is 17.5 Å². The molecule has 0 radical (unpaired) electrons. The van der Waals surface area contributed by atoms with Crippen molar-refractivity contribution in [1.29, 1.82) is 0 Å². The number of nitrogens with zero attached hydrogens (tertiary/aromatic N) is 4. The number of carbonyl (C=O) groups is 1. The van der Waals surface area contributed by atoms with Crippen molar-refractivity contribution in [2.45, 2.75) is 45.2 Å². The zero-order valence-corrected chi connectivity index (χ0v) is 20.7. The van der Waals surface area contributed by atoms with Gasteiger partial charge in [0.2, 0.25) is 5.91 Å². The Bertz CT molecular complexity index is 1350. The van der Waals surface area contributed by atoms with Crippen LogP contribution in [0.2, 0.25) is 0 Å². The van der Waals surface area contributed by atoms with Crippen molar-refractivity contribution in [3.8, 4) is 11.1 Å². The van der Waals surface area contributed by atoms with Crippen molar-refractivity contribution in [3.63, 3.8) is 0 Å². The van der Waals surface area contributed by atoms with Crippen molar-refractivity contribution < 1.29 is 4.79 Å². The molecule has 0 N–H and O–H groups in total. The fourth-order valence-corrected chi connectivity index (χ4v) is 5.04. The van der Waals surface area contributed by atoms with Crippen LogP contribution in [-0.4, -0.2) is 38.2 Å². The molecule has 0 atom stereocenters. The molecular formula is C30H32N4O2. The molecule has 5 rings (SSSR count). The summed E-state index contributed by atoms with van der Waals surface area (Å²) in [4.78, 5) is 27.9. The van der Waals surface area contributed by atoms with Gasteiger partial charge in [-0.1, -0.05) is 84.9 Å². The summed E-state index contributed by atoms with van der Waals surface area (Å²) in [6.45, 7) is 4.44. The summed E-state index contributed by atoms with van der Waals surface area (Å²) in [6, 6.07) is 28.5. The van der Waals surface area contributed by atoms with Gasteiger partial charge < -0.3 is 4.90 Å². The molecule has 1 aliphatic heterocycles. The van der Waals surface area contributed by atoms with Crippen molar-refractivity contribution in [2.24, 2.45) is 0 Å². The van der Waals surface area contributed by atoms with E-state index < -0.39 is 0 Å². The highest BCUT2D eigenvalue weighted by molar-refractivity contribution is 5.79. The Hall–Kier alpha value is -3.93. The minimum absolute atomic E-state index is 0.0613. The summed E-state index contributed by atoms with van der Waals surface area (Å²) in [5.41, 5.74) is 4.36. The Balaban J connectivity index is 1.21. The van der Waals surface area contributed by atoms with Crippen LogP contribution in [0.25, 0.3) is 11.1 Å². The standard InChI is InChI=1S/C30H32N4O2/c1-2-33-29(31-34(30(33)36)22-24-9-5-3-6-10-24)27-17-19-32(20-18-27)28(35)21-23-13-15-26(16-14-23)25-11-7-4-8-12-25/h3-16,27H,2,17-22H2,1H3. The monoisotopic (exact) mass is 480 g/mol. The topological polar surface area (TPSA) is 60.1 Å². The zero-order chi connectivity index (χ0) is 24.9. The van der Waals surface area contributed by atoms with Gasteiger partial charge in [0.05, 0.1) is 13.0 Å². The summed E-state index contributed by atoms with van der Waals surface area (Å²) in [5.74, 6) is 1.19. The first-order valence-electron chi connectivity index (χ1n) is 12.8. The number of carbonyl (C=O) groups excluding carboxylic acids is 1. The Morgan fingerprint density at radius 3 is 2.08 bits per heavy atom. The average Bonchev–Trinajstić information content (AvgIpc) is 3.25. The number of piperidine rings is 1. The molecule has 4 aromatic rings. The van der Waals surface area contributed by atoms with E-state index in [1.165, 1.54) is 5.56 Å². The van der Waals surface area contributed by atoms with E-state index in [0.29, 0.717) is 32.6 Å². The predicted octanol–water partition coefficient (Wildman–Crippen LogP) is 4.73. The number of aromatic nitrogens is 3. The lowest BCUT2D eigenvalue weighted by atomic mass is 9.95. The van der Waals surface area contributed by atoms with E-state index in [0.717, 1.165) is 35.4 Å². The number of hydrogen-bond acceptors (Lipinski definition) is 3. The minimum Gasteiger partial charge on any atom is -0.342 e. The molecule has 0 unspecified atom stereocenters. The van der Waals surface area contributed by atoms with Gasteiger partial charge in [-0.15, -0.1) is 0 Å². The quantitative estimate of drug-likeness (QED) is 0.384. The van der Waals surface area contributed by atoms with Crippen LogP contribution in [-0.2, 0) is 24.3 Å². The van der Waals surface area contributed by atoms with E-state index >= 15 is 0 Å². The third kappa shape index (κ3) is 5.18. The van der Waals surface area contributed by atoms with E-state index in [1.807, 2.05) is 72.5 Å². The van der Waals surface area contributed by atoms with E-state index in [2.05, 4.69) is 24.3 Å². The number of likely N-dealkylation sites (tertiary alicyclic amines) is 1. The van der Waals surface area contributed by atoms with Crippen LogP contribution in [0.4, 0.5) is 0 Å². The maximum atomic E-state index is 13.0. The van der Waals surface area contributed by atoms with Crippen LogP contribution >= 0.6 is 0 Å². The number of benzene rings is 3. The van der Waals surface area contributed by atoms with Gasteiger partial charge in [0.1, 0.15) is 5.82 Å². The summed E-state index contributed by atoms with van der Waals surface area (Å²) < 4.78 is 3.37. The lowest BCUT2D eigenvalue weighted by Crippen LogP contribution is -2.39. The zero-order valence-electron chi connectivity index (χ0n) is 20.7. The van der Waals surface area contributed by atoms with Gasteiger partial charge in [-0.2, -0.15) is 5.10 Å². The van der Waals surface area contributed by atoms with Crippen LogP contribution in [0.5, 0.6) is 0 Å². The van der Waals surface area contributed by atoms with Crippen LogP contribution in [0.15, 0.2) is 89.7 Å². The molecule has 0 bridgehead atoms. The fourth-order valence-electron chi connectivity index (χ4n) is 5.04. The van der Waals surface area contributed by atoms with Crippen LogP contribution in [0.3, 0.4) is 0 Å². The molecule has 0 saturated carbocycles. The highest BCUT2D eigenvalue weighted by Crippen LogP contribution is 2.27. The second kappa shape index (κ2) is 10.8. The average molecular weight is 481 g/mol. The lowest BCUT2D eigenvalue weighted by molar-refractivity contribution is -0.131. The van der Waals surface area contributed by atoms with Crippen molar-refractivity contribution in [3.05, 3.63) is 112 Å². The van der Waals surface area contributed by atoms with Gasteiger partial charge in [-0.25, -0.2) is 9.48 Å². The Morgan fingerprint density at radius 2 is 1.44 bits per heavy atom. The van der Waals surface area contributed by atoms with Gasteiger partial charge in [-0.3, -0.25) is 9.36 Å². The molecule has 1 aliphatic rings. The second-order valence-electron chi connectivity index (χ2n) is 9.42. The maximum absolute atomic E-state index is 13.0. The highest BCUT2D eigenvalue weighted by Gasteiger charge is 2.28. The number of hydrogen-bond donors (Lipinski definition) is 0. The molecule has 3 aromatic carbocycles. The second-order valence-corrected chi connectivity index (χ2v) is 9.42. The number of amides is 1. The van der Waals surface area contributed by atoms with E-state index in [9.17, 15) is 9.59 Å². The Morgan fingerprint density at radius 1 is 0.833 bits per heavy atom. The van der Waals surface area contributed by atoms with E-state index in [1.54, 1.807) is 9.25 Å². The van der Waals surface area contributed by atoms with Crippen LogP contribution < -0.4 is 5.69 Å². The summed E-state index contributed by atoms with van der Waals surface area (Å²) in [6.07, 6.45) is 2.05. The molecule has 1 saturated heterocycles. The molecular weight excluding hydrogens is 448 g/mol. The first-order valence-corrected chi connectivity index (χ1v) is 12.8. The van der Waals surface area contributed by atoms with Crippen molar-refractivity contribution >= 4 is 5.91 Å². The first kappa shape index (κ1) is 23.8. The molecule has 0 aliphatic carbocycles. The predicted molar refractivity (Wildman–Crippen MR) is 142 cm³/mol. The van der Waals surface area contributed by atoms with E-state index in [4.69, 9.17) is 5.10 Å². The van der Waals surface area contributed by atoms with Gasteiger partial charge in [-0.05, 0) is 42.0 Å². The van der Waals surface area contributed by atoms with Crippen LogP contribution in [0.1, 0.15) is 42.6 Å². The lowest BCUT2D eigenvalue weighted by Gasteiger charge is -2.31. The first-order chi connectivity index (χ1) is 17.6. The van der Waals surface area contributed by atoms with Crippen LogP contribution in [0, 0.1) is 0 Å². The maximum Gasteiger partial charge on any atom is 0.346 e. The Labute approximate surface area is 211 Å². The van der Waals surface area contributed by atoms with Gasteiger partial charge in [0.25, 0.3) is 0 Å². The SMILES string of the molecule is CCn1c(C2CCN(C(=O)Cc3ccc(-c4ccccc4)cc3)CC2)nn(Cc2ccccc2)c1=O. The third-order valence-electron chi connectivity index (χ3n) is 7.07. The normalized spacial score (nSPS) is 14.2. The summed E-state index contributed by atoms with van der Waals surface area (Å²) in [5, 5.41) is 4.73. The molecule has 6 nitrogen and oxygen atoms in total. The summed E-state index contributed by atoms with van der Waals surface area (Å²) in [7, 11) is 0. The molecule has 6 heteroatoms. The van der Waals surface area contributed by atoms with Gasteiger partial charge in [0, 0.05) is 25.6 Å². The smallest absolute Gasteiger partial charge is 0.342 e.